The lowest BCUT2D eigenvalue weighted by Gasteiger charge is -2.39. The van der Waals surface area contributed by atoms with Crippen LogP contribution in [-0.2, 0) is 42.6 Å². The molecule has 2 heterocycles. The molecule has 0 saturated carbocycles. The van der Waals surface area contributed by atoms with Crippen LogP contribution >= 0.6 is 7.82 Å². The Morgan fingerprint density at radius 1 is 1.34 bits per heavy atom. The van der Waals surface area contributed by atoms with E-state index in [1.54, 1.807) is 19.9 Å². The number of aromatic nitrogens is 2. The maximum atomic E-state index is 12.8. The Kier molecular flexibility index (Phi) is 8.22. The zero-order valence-electron chi connectivity index (χ0n) is 19.1. The van der Waals surface area contributed by atoms with Gasteiger partial charge in [0.25, 0.3) is 0 Å². The monoisotopic (exact) mass is 475 g/mol. The zero-order valence-corrected chi connectivity index (χ0v) is 19.9. The number of nitrogens with zero attached hydrogens (tertiary/aromatic N) is 1. The average molecular weight is 475 g/mol. The van der Waals surface area contributed by atoms with Crippen LogP contribution in [0.1, 0.15) is 57.2 Å². The smallest absolute Gasteiger partial charge is 0.469 e. The third-order valence-corrected chi connectivity index (χ3v) is 5.94. The van der Waals surface area contributed by atoms with E-state index in [4.69, 9.17) is 18.3 Å². The summed E-state index contributed by atoms with van der Waals surface area (Å²) in [6.07, 6.45) is -1.21. The summed E-state index contributed by atoms with van der Waals surface area (Å²) in [5.41, 5.74) is -0.325. The van der Waals surface area contributed by atoms with Crippen molar-refractivity contribution in [1.29, 1.82) is 0 Å². The average Bonchev–Trinajstić information content (AvgIpc) is 3.21. The molecule has 0 aromatic carbocycles. The van der Waals surface area contributed by atoms with Crippen LogP contribution in [0.2, 0.25) is 0 Å². The summed E-state index contributed by atoms with van der Waals surface area (Å²) in [6, 6.07) is 1.55. The van der Waals surface area contributed by atoms with Gasteiger partial charge in [0.05, 0.1) is 25.8 Å². The van der Waals surface area contributed by atoms with Crippen molar-refractivity contribution in [3.05, 3.63) is 17.5 Å². The number of nitrogens with one attached hydrogen (secondary N) is 2. The Hall–Kier alpha value is -2.27. The lowest BCUT2D eigenvalue weighted by atomic mass is 9.87. The highest BCUT2D eigenvalue weighted by Gasteiger charge is 2.49. The number of phosphoric ester groups is 1. The van der Waals surface area contributed by atoms with Crippen LogP contribution < -0.4 is 5.32 Å². The summed E-state index contributed by atoms with van der Waals surface area (Å²) < 4.78 is 37.8. The second-order valence-electron chi connectivity index (χ2n) is 8.91. The van der Waals surface area contributed by atoms with E-state index in [9.17, 15) is 18.9 Å². The van der Waals surface area contributed by atoms with Crippen LogP contribution in [0.5, 0.6) is 0 Å². The van der Waals surface area contributed by atoms with Crippen molar-refractivity contribution in [2.24, 2.45) is 5.41 Å². The van der Waals surface area contributed by atoms with Gasteiger partial charge in [-0.25, -0.2) is 13.9 Å². The van der Waals surface area contributed by atoms with Gasteiger partial charge in [0, 0.05) is 17.4 Å². The van der Waals surface area contributed by atoms with Crippen molar-refractivity contribution >= 4 is 25.7 Å². The number of carbonyl (C=O) groups is 3. The van der Waals surface area contributed by atoms with E-state index < -0.39 is 44.0 Å². The first-order chi connectivity index (χ1) is 14.8. The number of carbonyl (C=O) groups excluding carboxylic acids is 3. The molecule has 2 rings (SSSR count). The molecule has 0 bridgehead atoms. The third-order valence-electron chi connectivity index (χ3n) is 4.60. The molecular weight excluding hydrogens is 445 g/mol. The lowest BCUT2D eigenvalue weighted by Crippen LogP contribution is -2.50. The first-order valence-corrected chi connectivity index (χ1v) is 11.4. The topological polar surface area (TPSA) is 155 Å². The maximum Gasteiger partial charge on any atom is 0.478 e. The summed E-state index contributed by atoms with van der Waals surface area (Å²) in [5, 5.41) is 9.17. The minimum atomic E-state index is -4.19. The fraction of sp³-hybridized carbons (Fsp3) is 0.684. The quantitative estimate of drug-likeness (QED) is 0.324. The molecule has 0 spiro atoms. The van der Waals surface area contributed by atoms with Gasteiger partial charge in [-0.05, 0) is 6.07 Å². The molecule has 1 saturated heterocycles. The van der Waals surface area contributed by atoms with Crippen molar-refractivity contribution in [2.75, 3.05) is 27.1 Å². The molecule has 12 nitrogen and oxygen atoms in total. The van der Waals surface area contributed by atoms with Crippen molar-refractivity contribution < 1.29 is 42.0 Å². The van der Waals surface area contributed by atoms with E-state index in [0.29, 0.717) is 5.69 Å². The summed E-state index contributed by atoms with van der Waals surface area (Å²) >= 11 is 0. The predicted octanol–water partition coefficient (Wildman–Crippen LogP) is 2.07. The summed E-state index contributed by atoms with van der Waals surface area (Å²) in [7, 11) is -2.94. The first-order valence-electron chi connectivity index (χ1n) is 9.92. The molecule has 2 atom stereocenters. The van der Waals surface area contributed by atoms with Gasteiger partial charge in [0.2, 0.25) is 12.7 Å². The normalized spacial score (nSPS) is 22.8. The number of hydrogen-bond donors (Lipinski definition) is 2. The largest absolute Gasteiger partial charge is 0.478 e. The van der Waals surface area contributed by atoms with E-state index in [-0.39, 0.29) is 30.7 Å². The van der Waals surface area contributed by atoms with E-state index in [2.05, 4.69) is 20.3 Å². The summed E-state index contributed by atoms with van der Waals surface area (Å²) in [6.45, 7) is 8.38. The fourth-order valence-electron chi connectivity index (χ4n) is 2.61. The molecule has 0 radical (unpaired) electrons. The first kappa shape index (κ1) is 26.0. The molecule has 1 aromatic rings. The molecule has 180 valence electrons. The number of rotatable bonds is 8. The van der Waals surface area contributed by atoms with Gasteiger partial charge >= 0.3 is 19.8 Å². The lowest BCUT2D eigenvalue weighted by molar-refractivity contribution is -0.144. The van der Waals surface area contributed by atoms with E-state index in [1.807, 2.05) is 20.8 Å². The minimum Gasteiger partial charge on any atom is -0.469 e. The minimum absolute atomic E-state index is 0.0197. The molecule has 1 amide bonds. The van der Waals surface area contributed by atoms with Crippen LogP contribution in [0.15, 0.2) is 6.07 Å². The number of aromatic amines is 1. The number of amides is 1. The van der Waals surface area contributed by atoms with Crippen molar-refractivity contribution in [1.82, 2.24) is 15.5 Å². The van der Waals surface area contributed by atoms with Crippen LogP contribution in [0, 0.1) is 5.41 Å². The van der Waals surface area contributed by atoms with Crippen LogP contribution in [0.3, 0.4) is 0 Å². The van der Waals surface area contributed by atoms with E-state index in [0.717, 1.165) is 0 Å². The standard InChI is InChI=1S/C19H30N3O9P/c1-18(2,3)13-9-12(21-22-13)17(25)28-11-30-32(26)29-10-19(4,5)15(31-32)16(24)20-8-7-14(23)27-6/h9,15H,7-8,10-11H2,1-6H3,(H,20,24)(H,21,22)/t15-,32+/m0/s1. The maximum absolute atomic E-state index is 12.8. The Bertz CT molecular complexity index is 891. The van der Waals surface area contributed by atoms with Gasteiger partial charge in [-0.1, -0.05) is 34.6 Å². The Morgan fingerprint density at radius 2 is 2.03 bits per heavy atom. The summed E-state index contributed by atoms with van der Waals surface area (Å²) in [4.78, 5) is 35.9. The van der Waals surface area contributed by atoms with E-state index in [1.165, 1.54) is 7.11 Å². The van der Waals surface area contributed by atoms with Crippen LogP contribution in [-0.4, -0.2) is 61.2 Å². The highest BCUT2D eigenvalue weighted by Crippen LogP contribution is 2.57. The second kappa shape index (κ2) is 10.1. The van der Waals surface area contributed by atoms with Gasteiger partial charge < -0.3 is 14.8 Å². The highest BCUT2D eigenvalue weighted by molar-refractivity contribution is 7.48. The molecule has 1 aromatic heterocycles. The molecule has 1 fully saturated rings. The molecule has 0 aliphatic carbocycles. The Morgan fingerprint density at radius 3 is 2.62 bits per heavy atom. The number of methoxy groups -OCH3 is 1. The van der Waals surface area contributed by atoms with E-state index >= 15 is 0 Å². The SMILES string of the molecule is COC(=O)CCNC(=O)[C@@H]1O[P@@](=O)(OCOC(=O)c2cc(C(C)(C)C)n[nH]2)OCC1(C)C. The van der Waals surface area contributed by atoms with Gasteiger partial charge in [-0.15, -0.1) is 0 Å². The van der Waals surface area contributed by atoms with Gasteiger partial charge in [0.1, 0.15) is 5.69 Å². The molecular formula is C19H30N3O9P. The third kappa shape index (κ3) is 6.86. The number of hydrogen-bond acceptors (Lipinski definition) is 10. The van der Waals surface area contributed by atoms with Crippen LogP contribution in [0.4, 0.5) is 0 Å². The van der Waals surface area contributed by atoms with Crippen LogP contribution in [0.25, 0.3) is 0 Å². The highest BCUT2D eigenvalue weighted by atomic mass is 31.2. The zero-order chi connectivity index (χ0) is 24.2. The van der Waals surface area contributed by atoms with Gasteiger partial charge in [0.15, 0.2) is 6.10 Å². The predicted molar refractivity (Wildman–Crippen MR) is 111 cm³/mol. The molecule has 0 unspecified atom stereocenters. The molecule has 1 aliphatic heterocycles. The Labute approximate surface area is 186 Å². The Balaban J connectivity index is 1.91. The van der Waals surface area contributed by atoms with Crippen molar-refractivity contribution in [2.45, 2.75) is 52.6 Å². The number of H-pyrrole nitrogens is 1. The second-order valence-corrected chi connectivity index (χ2v) is 10.5. The number of esters is 2. The fourth-order valence-corrected chi connectivity index (χ4v) is 4.12. The molecule has 32 heavy (non-hydrogen) atoms. The van der Waals surface area contributed by atoms with Crippen molar-refractivity contribution in [3.63, 3.8) is 0 Å². The van der Waals surface area contributed by atoms with Crippen molar-refractivity contribution in [3.8, 4) is 0 Å². The number of phosphoric acid groups is 1. The number of ether oxygens (including phenoxy) is 2. The van der Waals surface area contributed by atoms with Gasteiger partial charge in [-0.2, -0.15) is 5.10 Å². The molecule has 2 N–H and O–H groups in total. The summed E-state index contributed by atoms with van der Waals surface area (Å²) in [5.74, 6) is -1.84. The molecule has 13 heteroatoms. The van der Waals surface area contributed by atoms with Gasteiger partial charge in [-0.3, -0.25) is 23.7 Å². The molecule has 1 aliphatic rings.